The van der Waals surface area contributed by atoms with Crippen molar-refractivity contribution in [2.45, 2.75) is 44.6 Å². The van der Waals surface area contributed by atoms with Crippen LogP contribution < -0.4 is 0 Å². The van der Waals surface area contributed by atoms with E-state index < -0.39 is 5.97 Å². The van der Waals surface area contributed by atoms with Gasteiger partial charge in [0.1, 0.15) is 0 Å². The average molecular weight is 331 g/mol. The number of rotatable bonds is 5. The second-order valence-electron chi connectivity index (χ2n) is 6.75. The molecule has 24 heavy (non-hydrogen) atoms. The minimum atomic E-state index is -0.922. The number of carboxylic acid groups (broad SMARTS) is 1. The van der Waals surface area contributed by atoms with Gasteiger partial charge in [-0.2, -0.15) is 0 Å². The number of carbonyl (C=O) groups is 2. The van der Waals surface area contributed by atoms with Crippen LogP contribution in [0.25, 0.3) is 0 Å². The predicted octanol–water partition coefficient (Wildman–Crippen LogP) is 2.74. The van der Waals surface area contributed by atoms with Gasteiger partial charge in [0.25, 0.3) is 0 Å². The summed E-state index contributed by atoms with van der Waals surface area (Å²) in [7, 11) is 0. The number of ether oxygens (including phenoxy) is 1. The van der Waals surface area contributed by atoms with Crippen molar-refractivity contribution in [3.05, 3.63) is 35.4 Å². The highest BCUT2D eigenvalue weighted by Crippen LogP contribution is 2.31. The van der Waals surface area contributed by atoms with Gasteiger partial charge >= 0.3 is 5.97 Å². The SMILES string of the molecule is O=C(O)c1ccc(CCC(=O)N2CCC[C@@H]2C2CCOCC2)cc1. The fourth-order valence-electron chi connectivity index (χ4n) is 3.90. The lowest BCUT2D eigenvalue weighted by Gasteiger charge is -2.34. The van der Waals surface area contributed by atoms with Crippen molar-refractivity contribution < 1.29 is 19.4 Å². The van der Waals surface area contributed by atoms with E-state index in [-0.39, 0.29) is 11.5 Å². The fraction of sp³-hybridized carbons (Fsp3) is 0.579. The molecule has 0 radical (unpaired) electrons. The van der Waals surface area contributed by atoms with Crippen molar-refractivity contribution in [3.63, 3.8) is 0 Å². The molecular formula is C19H25NO4. The molecule has 5 heteroatoms. The standard InChI is InChI=1S/C19H25NO4/c21-18(8-5-14-3-6-16(7-4-14)19(22)23)20-11-1-2-17(20)15-9-12-24-13-10-15/h3-4,6-7,15,17H,1-2,5,8-13H2,(H,22,23)/t17-/m1/s1. The van der Waals surface area contributed by atoms with E-state index in [4.69, 9.17) is 9.84 Å². The van der Waals surface area contributed by atoms with Crippen LogP contribution in [0.3, 0.4) is 0 Å². The third-order valence-electron chi connectivity index (χ3n) is 5.26. The van der Waals surface area contributed by atoms with Crippen LogP contribution >= 0.6 is 0 Å². The molecule has 0 bridgehead atoms. The summed E-state index contributed by atoms with van der Waals surface area (Å²) in [6.07, 6.45) is 5.49. The molecule has 0 unspecified atom stereocenters. The van der Waals surface area contributed by atoms with Gasteiger partial charge in [0, 0.05) is 32.2 Å². The lowest BCUT2D eigenvalue weighted by molar-refractivity contribution is -0.133. The molecule has 0 saturated carbocycles. The second kappa shape index (κ2) is 7.79. The van der Waals surface area contributed by atoms with E-state index >= 15 is 0 Å². The van der Waals surface area contributed by atoms with Gasteiger partial charge in [0.15, 0.2) is 0 Å². The Morgan fingerprint density at radius 3 is 2.50 bits per heavy atom. The van der Waals surface area contributed by atoms with Crippen LogP contribution in [0.2, 0.25) is 0 Å². The van der Waals surface area contributed by atoms with E-state index in [2.05, 4.69) is 4.90 Å². The lowest BCUT2D eigenvalue weighted by atomic mass is 9.90. The smallest absolute Gasteiger partial charge is 0.335 e. The molecule has 2 saturated heterocycles. The van der Waals surface area contributed by atoms with Crippen LogP contribution in [-0.2, 0) is 16.0 Å². The second-order valence-corrected chi connectivity index (χ2v) is 6.75. The maximum atomic E-state index is 12.6. The number of hydrogen-bond acceptors (Lipinski definition) is 3. The van der Waals surface area contributed by atoms with Gasteiger partial charge in [-0.25, -0.2) is 4.79 Å². The van der Waals surface area contributed by atoms with Crippen molar-refractivity contribution in [1.29, 1.82) is 0 Å². The van der Waals surface area contributed by atoms with Crippen molar-refractivity contribution >= 4 is 11.9 Å². The van der Waals surface area contributed by atoms with Gasteiger partial charge in [-0.3, -0.25) is 4.79 Å². The van der Waals surface area contributed by atoms with Gasteiger partial charge in [0.05, 0.1) is 5.56 Å². The molecule has 1 atom stereocenters. The molecular weight excluding hydrogens is 306 g/mol. The maximum absolute atomic E-state index is 12.6. The molecule has 2 heterocycles. The molecule has 5 nitrogen and oxygen atoms in total. The minimum absolute atomic E-state index is 0.228. The summed E-state index contributed by atoms with van der Waals surface area (Å²) in [5.74, 6) is -0.111. The third kappa shape index (κ3) is 3.96. The number of nitrogens with zero attached hydrogens (tertiary/aromatic N) is 1. The Kier molecular flexibility index (Phi) is 5.51. The number of benzene rings is 1. The van der Waals surface area contributed by atoms with E-state index in [0.29, 0.717) is 24.8 Å². The van der Waals surface area contributed by atoms with Crippen LogP contribution in [0, 0.1) is 5.92 Å². The van der Waals surface area contributed by atoms with Crippen LogP contribution in [0.5, 0.6) is 0 Å². The number of hydrogen-bond donors (Lipinski definition) is 1. The summed E-state index contributed by atoms with van der Waals surface area (Å²) in [6, 6.07) is 7.19. The van der Waals surface area contributed by atoms with Gasteiger partial charge in [-0.05, 0) is 55.7 Å². The minimum Gasteiger partial charge on any atom is -0.478 e. The Morgan fingerprint density at radius 1 is 1.12 bits per heavy atom. The number of aromatic carboxylic acids is 1. The summed E-state index contributed by atoms with van der Waals surface area (Å²) in [6.45, 7) is 2.51. The van der Waals surface area contributed by atoms with Crippen LogP contribution in [-0.4, -0.2) is 47.7 Å². The Balaban J connectivity index is 1.54. The van der Waals surface area contributed by atoms with Gasteiger partial charge in [-0.1, -0.05) is 12.1 Å². The number of carboxylic acids is 1. The van der Waals surface area contributed by atoms with Gasteiger partial charge < -0.3 is 14.7 Å². The van der Waals surface area contributed by atoms with Crippen molar-refractivity contribution in [3.8, 4) is 0 Å². The topological polar surface area (TPSA) is 66.8 Å². The molecule has 1 aromatic rings. The van der Waals surface area contributed by atoms with Gasteiger partial charge in [-0.15, -0.1) is 0 Å². The Morgan fingerprint density at radius 2 is 1.83 bits per heavy atom. The molecule has 1 aromatic carbocycles. The lowest BCUT2D eigenvalue weighted by Crippen LogP contribution is -2.42. The van der Waals surface area contributed by atoms with Gasteiger partial charge in [0.2, 0.25) is 5.91 Å². The Bertz CT molecular complexity index is 578. The monoisotopic (exact) mass is 331 g/mol. The molecule has 2 fully saturated rings. The summed E-state index contributed by atoms with van der Waals surface area (Å²) in [5.41, 5.74) is 1.29. The van der Waals surface area contributed by atoms with Crippen molar-refractivity contribution in [1.82, 2.24) is 4.90 Å². The van der Waals surface area contributed by atoms with Crippen LogP contribution in [0.4, 0.5) is 0 Å². The average Bonchev–Trinajstić information content (AvgIpc) is 3.10. The van der Waals surface area contributed by atoms with E-state index in [1.165, 1.54) is 0 Å². The van der Waals surface area contributed by atoms with E-state index in [9.17, 15) is 9.59 Å². The zero-order valence-corrected chi connectivity index (χ0v) is 13.9. The molecule has 130 valence electrons. The first-order valence-electron chi connectivity index (χ1n) is 8.84. The summed E-state index contributed by atoms with van der Waals surface area (Å²) >= 11 is 0. The first-order valence-corrected chi connectivity index (χ1v) is 8.84. The zero-order chi connectivity index (χ0) is 16.9. The Hall–Kier alpha value is -1.88. The number of amides is 1. The first-order chi connectivity index (χ1) is 11.6. The molecule has 0 aliphatic carbocycles. The maximum Gasteiger partial charge on any atom is 0.335 e. The summed E-state index contributed by atoms with van der Waals surface area (Å²) < 4.78 is 5.44. The molecule has 3 rings (SSSR count). The van der Waals surface area contributed by atoms with Crippen molar-refractivity contribution in [2.75, 3.05) is 19.8 Å². The quantitative estimate of drug-likeness (QED) is 0.901. The number of carbonyl (C=O) groups excluding carboxylic acids is 1. The highest BCUT2D eigenvalue weighted by molar-refractivity contribution is 5.87. The molecule has 2 aliphatic rings. The number of aryl methyl sites for hydroxylation is 1. The third-order valence-corrected chi connectivity index (χ3v) is 5.26. The highest BCUT2D eigenvalue weighted by atomic mass is 16.5. The molecule has 2 aliphatic heterocycles. The van der Waals surface area contributed by atoms with Crippen LogP contribution in [0.15, 0.2) is 24.3 Å². The number of likely N-dealkylation sites (tertiary alicyclic amines) is 1. The molecule has 1 amide bonds. The summed E-state index contributed by atoms with van der Waals surface area (Å²) in [5, 5.41) is 8.92. The highest BCUT2D eigenvalue weighted by Gasteiger charge is 2.34. The fourth-order valence-corrected chi connectivity index (χ4v) is 3.90. The molecule has 1 N–H and O–H groups in total. The first kappa shape index (κ1) is 17.0. The molecule has 0 aromatic heterocycles. The van der Waals surface area contributed by atoms with E-state index in [0.717, 1.165) is 51.0 Å². The van der Waals surface area contributed by atoms with E-state index in [1.807, 2.05) is 0 Å². The summed E-state index contributed by atoms with van der Waals surface area (Å²) in [4.78, 5) is 25.6. The van der Waals surface area contributed by atoms with Crippen molar-refractivity contribution in [2.24, 2.45) is 5.92 Å². The normalized spacial score (nSPS) is 21.8. The zero-order valence-electron chi connectivity index (χ0n) is 13.9. The molecule has 0 spiro atoms. The Labute approximate surface area is 142 Å². The predicted molar refractivity (Wildman–Crippen MR) is 90.0 cm³/mol. The van der Waals surface area contributed by atoms with Crippen LogP contribution in [0.1, 0.15) is 48.0 Å². The largest absolute Gasteiger partial charge is 0.478 e. The van der Waals surface area contributed by atoms with E-state index in [1.54, 1.807) is 24.3 Å².